The highest BCUT2D eigenvalue weighted by Gasteiger charge is 2.56. The normalized spacial score (nSPS) is 21.9. The van der Waals surface area contributed by atoms with Crippen molar-refractivity contribution in [3.05, 3.63) is 35.7 Å². The summed E-state index contributed by atoms with van der Waals surface area (Å²) >= 11 is 0. The molecule has 1 saturated heterocycles. The van der Waals surface area contributed by atoms with Crippen LogP contribution in [-0.2, 0) is 20.5 Å². The highest BCUT2D eigenvalue weighted by molar-refractivity contribution is 6.07. The van der Waals surface area contributed by atoms with Gasteiger partial charge in [-0.15, -0.1) is 10.2 Å². The van der Waals surface area contributed by atoms with Gasteiger partial charge < -0.3 is 15.1 Å². The number of carbonyl (C=O) groups is 3. The smallest absolute Gasteiger partial charge is 0.295 e. The van der Waals surface area contributed by atoms with Crippen molar-refractivity contribution in [1.29, 1.82) is 5.26 Å². The maximum absolute atomic E-state index is 13.9. The highest BCUT2D eigenvalue weighted by Crippen LogP contribution is 2.46. The molecule has 1 aromatic carbocycles. The first-order chi connectivity index (χ1) is 16.9. The Morgan fingerprint density at radius 2 is 2.00 bits per heavy atom. The van der Waals surface area contributed by atoms with Gasteiger partial charge >= 0.3 is 0 Å². The summed E-state index contributed by atoms with van der Waals surface area (Å²) < 4.78 is 0. The molecule has 0 bridgehead atoms. The SMILES string of the molecule is CC(C)C[C@@H](C(=O)N1C[C@]2(C[C@H]1C#N)C(=O)Nc1ccccc12)N(C)C(=O)c1nnn(C(C)(C)C)n1. The zero-order valence-electron chi connectivity index (χ0n) is 21.5. The number of nitrogens with zero attached hydrogens (tertiary/aromatic N) is 7. The van der Waals surface area contributed by atoms with Gasteiger partial charge in [0.05, 0.1) is 17.0 Å². The molecule has 4 rings (SSSR count). The van der Waals surface area contributed by atoms with Crippen LogP contribution < -0.4 is 5.32 Å². The van der Waals surface area contributed by atoms with Crippen LogP contribution in [0.5, 0.6) is 0 Å². The van der Waals surface area contributed by atoms with Gasteiger partial charge in [0.15, 0.2) is 0 Å². The Balaban J connectivity index is 1.64. The molecule has 3 heterocycles. The molecule has 1 fully saturated rings. The fourth-order valence-electron chi connectivity index (χ4n) is 4.93. The zero-order chi connectivity index (χ0) is 26.4. The Morgan fingerprint density at radius 1 is 1.31 bits per heavy atom. The molecular formula is C25H32N8O3. The Labute approximate surface area is 210 Å². The lowest BCUT2D eigenvalue weighted by Crippen LogP contribution is -2.52. The molecule has 2 aliphatic heterocycles. The summed E-state index contributed by atoms with van der Waals surface area (Å²) in [6.07, 6.45) is 0.574. The number of hydrogen-bond donors (Lipinski definition) is 1. The first-order valence-electron chi connectivity index (χ1n) is 12.1. The quantitative estimate of drug-likeness (QED) is 0.673. The van der Waals surface area contributed by atoms with Gasteiger partial charge in [0.25, 0.3) is 11.7 Å². The van der Waals surface area contributed by atoms with Crippen molar-refractivity contribution in [1.82, 2.24) is 30.0 Å². The lowest BCUT2D eigenvalue weighted by molar-refractivity contribution is -0.136. The number of likely N-dealkylation sites (tertiary alicyclic amines) is 1. The van der Waals surface area contributed by atoms with Crippen LogP contribution in [0.25, 0.3) is 0 Å². The molecule has 2 aliphatic rings. The first kappa shape index (κ1) is 25.3. The molecule has 0 saturated carbocycles. The van der Waals surface area contributed by atoms with Crippen molar-refractivity contribution in [2.75, 3.05) is 18.9 Å². The summed E-state index contributed by atoms with van der Waals surface area (Å²) in [6, 6.07) is 7.91. The average molecular weight is 493 g/mol. The number of para-hydroxylation sites is 1. The number of fused-ring (bicyclic) bond motifs is 2. The van der Waals surface area contributed by atoms with E-state index in [-0.39, 0.29) is 36.5 Å². The predicted molar refractivity (Wildman–Crippen MR) is 131 cm³/mol. The fourth-order valence-corrected chi connectivity index (χ4v) is 4.93. The molecule has 0 aliphatic carbocycles. The summed E-state index contributed by atoms with van der Waals surface area (Å²) in [7, 11) is 1.54. The Kier molecular flexibility index (Phi) is 6.32. The zero-order valence-corrected chi connectivity index (χ0v) is 21.5. The van der Waals surface area contributed by atoms with E-state index in [1.807, 2.05) is 58.9 Å². The number of hydrogen-bond acceptors (Lipinski definition) is 7. The molecule has 1 N–H and O–H groups in total. The van der Waals surface area contributed by atoms with Gasteiger partial charge in [0.2, 0.25) is 11.8 Å². The number of tetrazole rings is 1. The van der Waals surface area contributed by atoms with Gasteiger partial charge in [-0.25, -0.2) is 0 Å². The minimum Gasteiger partial charge on any atom is -0.327 e. The molecule has 190 valence electrons. The molecule has 11 heteroatoms. The van der Waals surface area contributed by atoms with Crippen LogP contribution in [0.3, 0.4) is 0 Å². The Bertz CT molecular complexity index is 1240. The van der Waals surface area contributed by atoms with Crippen molar-refractivity contribution in [2.45, 2.75) is 70.5 Å². The number of rotatable bonds is 5. The van der Waals surface area contributed by atoms with E-state index in [2.05, 4.69) is 26.8 Å². The van der Waals surface area contributed by atoms with Crippen LogP contribution in [0, 0.1) is 17.2 Å². The third-order valence-corrected chi connectivity index (χ3v) is 6.89. The molecular weight excluding hydrogens is 460 g/mol. The van der Waals surface area contributed by atoms with E-state index in [9.17, 15) is 19.6 Å². The van der Waals surface area contributed by atoms with Crippen LogP contribution >= 0.6 is 0 Å². The van der Waals surface area contributed by atoms with Gasteiger partial charge in [0.1, 0.15) is 12.1 Å². The third kappa shape index (κ3) is 4.21. The second-order valence-corrected chi connectivity index (χ2v) is 11.0. The lowest BCUT2D eigenvalue weighted by Gasteiger charge is -2.32. The second-order valence-electron chi connectivity index (χ2n) is 11.0. The van der Waals surface area contributed by atoms with Gasteiger partial charge in [-0.1, -0.05) is 32.0 Å². The maximum Gasteiger partial charge on any atom is 0.295 e. The van der Waals surface area contributed by atoms with E-state index < -0.39 is 28.9 Å². The van der Waals surface area contributed by atoms with E-state index in [0.29, 0.717) is 12.1 Å². The van der Waals surface area contributed by atoms with Crippen LogP contribution in [0.1, 0.15) is 63.6 Å². The molecule has 11 nitrogen and oxygen atoms in total. The van der Waals surface area contributed by atoms with Crippen molar-refractivity contribution in [3.8, 4) is 6.07 Å². The molecule has 3 atom stereocenters. The summed E-state index contributed by atoms with van der Waals surface area (Å²) in [5.41, 5.74) is 0.0410. The minimum atomic E-state index is -0.991. The van der Waals surface area contributed by atoms with E-state index in [1.165, 1.54) is 21.6 Å². The Morgan fingerprint density at radius 3 is 2.61 bits per heavy atom. The number of carbonyl (C=O) groups excluding carboxylic acids is 3. The van der Waals surface area contributed by atoms with E-state index >= 15 is 0 Å². The van der Waals surface area contributed by atoms with Gasteiger partial charge in [-0.05, 0) is 50.0 Å². The number of amides is 3. The largest absolute Gasteiger partial charge is 0.327 e. The standard InChI is InChI=1S/C25H32N8O3/c1-15(2)11-19(31(6)22(35)20-28-30-33(29-20)24(3,4)5)21(34)32-14-25(12-16(32)13-26)17-9-7-8-10-18(17)27-23(25)36/h7-10,15-16,19H,11-12,14H2,1-6H3,(H,27,36)/t16-,19-,25-/m0/s1. The number of benzene rings is 1. The van der Waals surface area contributed by atoms with Gasteiger partial charge in [-0.2, -0.15) is 10.1 Å². The highest BCUT2D eigenvalue weighted by atomic mass is 16.2. The van der Waals surface area contributed by atoms with Crippen molar-refractivity contribution in [2.24, 2.45) is 5.92 Å². The maximum atomic E-state index is 13.9. The molecule has 1 aromatic heterocycles. The summed E-state index contributed by atoms with van der Waals surface area (Å²) in [6.45, 7) is 9.66. The lowest BCUT2D eigenvalue weighted by atomic mass is 9.80. The fraction of sp³-hybridized carbons (Fsp3) is 0.560. The first-order valence-corrected chi connectivity index (χ1v) is 12.1. The van der Waals surface area contributed by atoms with Crippen molar-refractivity contribution < 1.29 is 14.4 Å². The van der Waals surface area contributed by atoms with E-state index in [0.717, 1.165) is 5.56 Å². The van der Waals surface area contributed by atoms with Crippen LogP contribution in [-0.4, -0.2) is 73.4 Å². The predicted octanol–water partition coefficient (Wildman–Crippen LogP) is 1.93. The molecule has 2 aromatic rings. The topological polar surface area (TPSA) is 137 Å². The molecule has 1 spiro atoms. The second kappa shape index (κ2) is 9.00. The number of aromatic nitrogens is 4. The number of likely N-dealkylation sites (N-methyl/N-ethyl adjacent to an activating group) is 1. The average Bonchev–Trinajstić information content (AvgIpc) is 3.53. The number of nitriles is 1. The third-order valence-electron chi connectivity index (χ3n) is 6.89. The summed E-state index contributed by atoms with van der Waals surface area (Å²) in [5.74, 6) is -1.14. The van der Waals surface area contributed by atoms with Gasteiger partial charge in [-0.3, -0.25) is 14.4 Å². The summed E-state index contributed by atoms with van der Waals surface area (Å²) in [4.78, 5) is 44.5. The number of anilines is 1. The van der Waals surface area contributed by atoms with E-state index in [1.54, 1.807) is 0 Å². The van der Waals surface area contributed by atoms with Crippen LogP contribution in [0.4, 0.5) is 5.69 Å². The van der Waals surface area contributed by atoms with Crippen molar-refractivity contribution >= 4 is 23.4 Å². The van der Waals surface area contributed by atoms with Gasteiger partial charge in [0, 0.05) is 25.7 Å². The molecule has 36 heavy (non-hydrogen) atoms. The van der Waals surface area contributed by atoms with Crippen molar-refractivity contribution in [3.63, 3.8) is 0 Å². The molecule has 0 radical (unpaired) electrons. The number of nitrogens with one attached hydrogen (secondary N) is 1. The molecule has 3 amide bonds. The van der Waals surface area contributed by atoms with E-state index in [4.69, 9.17) is 0 Å². The monoisotopic (exact) mass is 492 g/mol. The van der Waals surface area contributed by atoms with Crippen LogP contribution in [0.15, 0.2) is 24.3 Å². The molecule has 0 unspecified atom stereocenters. The van der Waals surface area contributed by atoms with Crippen LogP contribution in [0.2, 0.25) is 0 Å². The Hall–Kier alpha value is -3.81. The summed E-state index contributed by atoms with van der Waals surface area (Å²) in [5, 5.41) is 24.9. The minimum absolute atomic E-state index is 0.0714.